The predicted molar refractivity (Wildman–Crippen MR) is 89.8 cm³/mol. The first-order chi connectivity index (χ1) is 10.9. The van der Waals surface area contributed by atoms with Gasteiger partial charge in [0, 0.05) is 17.1 Å². The van der Waals surface area contributed by atoms with Gasteiger partial charge in [-0.2, -0.15) is 0 Å². The molecular weight excluding hydrogens is 312 g/mol. The number of nitrogens with two attached hydrogens (primary N) is 1. The molecule has 1 heterocycles. The number of ether oxygens (including phenoxy) is 1. The Kier molecular flexibility index (Phi) is 3.79. The predicted octanol–water partition coefficient (Wildman–Crippen LogP) is 2.87. The highest BCUT2D eigenvalue weighted by Crippen LogP contribution is 2.34. The van der Waals surface area contributed by atoms with Crippen LogP contribution in [-0.4, -0.2) is 20.5 Å². The number of aromatic nitrogens is 1. The van der Waals surface area contributed by atoms with Crippen molar-refractivity contribution in [2.24, 2.45) is 5.14 Å². The Morgan fingerprint density at radius 2 is 1.87 bits per heavy atom. The lowest BCUT2D eigenvalue weighted by Crippen LogP contribution is -2.12. The van der Waals surface area contributed by atoms with Crippen molar-refractivity contribution in [1.29, 1.82) is 0 Å². The van der Waals surface area contributed by atoms with Crippen molar-refractivity contribution >= 4 is 20.9 Å². The number of primary sulfonamides is 1. The van der Waals surface area contributed by atoms with E-state index >= 15 is 0 Å². The van der Waals surface area contributed by atoms with Crippen LogP contribution in [0.1, 0.15) is 5.56 Å². The van der Waals surface area contributed by atoms with Gasteiger partial charge in [0.05, 0.1) is 17.5 Å². The Morgan fingerprint density at radius 3 is 2.57 bits per heavy atom. The largest absolute Gasteiger partial charge is 0.497 e. The molecule has 5 nitrogen and oxygen atoms in total. The molecule has 0 aliphatic heterocycles. The summed E-state index contributed by atoms with van der Waals surface area (Å²) < 4.78 is 28.7. The van der Waals surface area contributed by atoms with Crippen LogP contribution in [0.2, 0.25) is 0 Å². The van der Waals surface area contributed by atoms with Crippen molar-refractivity contribution in [3.05, 3.63) is 54.2 Å². The summed E-state index contributed by atoms with van der Waals surface area (Å²) in [4.78, 5) is 4.50. The summed E-state index contributed by atoms with van der Waals surface area (Å²) in [6.45, 7) is 1.91. The molecule has 2 aromatic carbocycles. The molecule has 3 rings (SSSR count). The van der Waals surface area contributed by atoms with Crippen molar-refractivity contribution in [2.75, 3.05) is 7.11 Å². The number of aryl methyl sites for hydroxylation is 1. The Morgan fingerprint density at radius 1 is 1.09 bits per heavy atom. The summed E-state index contributed by atoms with van der Waals surface area (Å²) in [6.07, 6.45) is 1.71. The zero-order valence-corrected chi connectivity index (χ0v) is 13.6. The maximum absolute atomic E-state index is 11.7. The third-order valence-electron chi connectivity index (χ3n) is 3.74. The number of hydrogen-bond acceptors (Lipinski definition) is 4. The van der Waals surface area contributed by atoms with E-state index in [0.717, 1.165) is 27.6 Å². The summed E-state index contributed by atoms with van der Waals surface area (Å²) in [6, 6.07) is 12.3. The van der Waals surface area contributed by atoms with Gasteiger partial charge in [-0.05, 0) is 48.4 Å². The van der Waals surface area contributed by atoms with E-state index in [4.69, 9.17) is 9.88 Å². The molecule has 118 valence electrons. The van der Waals surface area contributed by atoms with Crippen LogP contribution in [0.3, 0.4) is 0 Å². The molecule has 0 atom stereocenters. The molecule has 0 amide bonds. The molecule has 0 saturated heterocycles. The fourth-order valence-corrected chi connectivity index (χ4v) is 3.10. The molecule has 0 fully saturated rings. The van der Waals surface area contributed by atoms with E-state index < -0.39 is 10.0 Å². The first-order valence-electron chi connectivity index (χ1n) is 6.97. The Labute approximate surface area is 134 Å². The van der Waals surface area contributed by atoms with E-state index in [1.54, 1.807) is 25.4 Å². The maximum atomic E-state index is 11.7. The van der Waals surface area contributed by atoms with Crippen LogP contribution in [0.5, 0.6) is 5.75 Å². The first kappa shape index (κ1) is 15.5. The molecule has 0 aliphatic carbocycles. The lowest BCUT2D eigenvalue weighted by molar-refractivity contribution is 0.415. The molecule has 0 radical (unpaired) electrons. The fraction of sp³-hybridized carbons (Fsp3) is 0.118. The van der Waals surface area contributed by atoms with Gasteiger partial charge in [0.1, 0.15) is 5.75 Å². The van der Waals surface area contributed by atoms with E-state index in [1.165, 1.54) is 6.07 Å². The Hall–Kier alpha value is -2.44. The van der Waals surface area contributed by atoms with E-state index in [0.29, 0.717) is 5.75 Å². The highest BCUT2D eigenvalue weighted by molar-refractivity contribution is 7.89. The SMILES string of the molecule is COc1cc(-c2cc(S(N)(=O)=O)ccc2C)c2ncccc2c1. The van der Waals surface area contributed by atoms with Gasteiger partial charge < -0.3 is 4.74 Å². The van der Waals surface area contributed by atoms with Crippen molar-refractivity contribution in [3.63, 3.8) is 0 Å². The van der Waals surface area contributed by atoms with Gasteiger partial charge in [-0.25, -0.2) is 13.6 Å². The third-order valence-corrected chi connectivity index (χ3v) is 4.65. The molecule has 2 N–H and O–H groups in total. The molecule has 0 spiro atoms. The highest BCUT2D eigenvalue weighted by atomic mass is 32.2. The average molecular weight is 328 g/mol. The van der Waals surface area contributed by atoms with Crippen LogP contribution >= 0.6 is 0 Å². The van der Waals surface area contributed by atoms with Crippen LogP contribution in [0.4, 0.5) is 0 Å². The number of nitrogens with zero attached hydrogens (tertiary/aromatic N) is 1. The van der Waals surface area contributed by atoms with Gasteiger partial charge in [0.2, 0.25) is 10.0 Å². The zero-order chi connectivity index (χ0) is 16.6. The number of hydrogen-bond donors (Lipinski definition) is 1. The topological polar surface area (TPSA) is 82.3 Å². The van der Waals surface area contributed by atoms with E-state index in [-0.39, 0.29) is 4.90 Å². The summed E-state index contributed by atoms with van der Waals surface area (Å²) >= 11 is 0. The van der Waals surface area contributed by atoms with Gasteiger partial charge in [0.15, 0.2) is 0 Å². The maximum Gasteiger partial charge on any atom is 0.238 e. The van der Waals surface area contributed by atoms with Gasteiger partial charge in [-0.15, -0.1) is 0 Å². The van der Waals surface area contributed by atoms with Crippen LogP contribution < -0.4 is 9.88 Å². The molecule has 1 aromatic heterocycles. The quantitative estimate of drug-likeness (QED) is 0.801. The molecule has 0 bridgehead atoms. The number of fused-ring (bicyclic) bond motifs is 1. The summed E-state index contributed by atoms with van der Waals surface area (Å²) in [5.41, 5.74) is 3.28. The van der Waals surface area contributed by atoms with Crippen LogP contribution in [0.15, 0.2) is 53.6 Å². The van der Waals surface area contributed by atoms with Gasteiger partial charge in [0.25, 0.3) is 0 Å². The lowest BCUT2D eigenvalue weighted by Gasteiger charge is -2.12. The number of sulfonamides is 1. The van der Waals surface area contributed by atoms with Crippen molar-refractivity contribution in [3.8, 4) is 16.9 Å². The average Bonchev–Trinajstić information content (AvgIpc) is 2.53. The summed E-state index contributed by atoms with van der Waals surface area (Å²) in [5, 5.41) is 6.17. The monoisotopic (exact) mass is 328 g/mol. The van der Waals surface area contributed by atoms with Crippen molar-refractivity contribution in [1.82, 2.24) is 4.98 Å². The lowest BCUT2D eigenvalue weighted by atomic mass is 9.97. The molecular formula is C17H16N2O3S. The normalized spacial score (nSPS) is 11.6. The van der Waals surface area contributed by atoms with Crippen LogP contribution in [0, 0.1) is 6.92 Å². The minimum atomic E-state index is -3.77. The van der Waals surface area contributed by atoms with E-state index in [1.807, 2.05) is 31.2 Å². The standard InChI is InChI=1S/C17H16N2O3S/c1-11-5-6-14(23(18,20)21)10-15(11)16-9-13(22-2)8-12-4-3-7-19-17(12)16/h3-10H,1-2H3,(H2,18,20,21). The molecule has 0 unspecified atom stereocenters. The highest BCUT2D eigenvalue weighted by Gasteiger charge is 2.14. The zero-order valence-electron chi connectivity index (χ0n) is 12.8. The van der Waals surface area contributed by atoms with Gasteiger partial charge in [-0.1, -0.05) is 12.1 Å². The van der Waals surface area contributed by atoms with Crippen molar-refractivity contribution in [2.45, 2.75) is 11.8 Å². The van der Waals surface area contributed by atoms with Gasteiger partial charge >= 0.3 is 0 Å². The number of rotatable bonds is 3. The van der Waals surface area contributed by atoms with E-state index in [9.17, 15) is 8.42 Å². The molecule has 0 saturated carbocycles. The Balaban J connectivity index is 2.36. The molecule has 0 aliphatic rings. The number of methoxy groups -OCH3 is 1. The minimum Gasteiger partial charge on any atom is -0.497 e. The second-order valence-corrected chi connectivity index (χ2v) is 6.83. The van der Waals surface area contributed by atoms with Gasteiger partial charge in [-0.3, -0.25) is 4.98 Å². The molecule has 6 heteroatoms. The fourth-order valence-electron chi connectivity index (χ4n) is 2.56. The minimum absolute atomic E-state index is 0.0741. The molecule has 3 aromatic rings. The molecule has 23 heavy (non-hydrogen) atoms. The Bertz CT molecular complexity index is 998. The summed E-state index contributed by atoms with van der Waals surface area (Å²) in [7, 11) is -2.18. The number of benzene rings is 2. The summed E-state index contributed by atoms with van der Waals surface area (Å²) in [5.74, 6) is 0.681. The first-order valence-corrected chi connectivity index (χ1v) is 8.51. The second kappa shape index (κ2) is 5.64. The smallest absolute Gasteiger partial charge is 0.238 e. The van der Waals surface area contributed by atoms with Crippen LogP contribution in [-0.2, 0) is 10.0 Å². The second-order valence-electron chi connectivity index (χ2n) is 5.27. The van der Waals surface area contributed by atoms with Crippen molar-refractivity contribution < 1.29 is 13.2 Å². The number of pyridine rings is 1. The third kappa shape index (κ3) is 2.91. The van der Waals surface area contributed by atoms with Crippen LogP contribution in [0.25, 0.3) is 22.0 Å². The van der Waals surface area contributed by atoms with E-state index in [2.05, 4.69) is 4.98 Å².